The van der Waals surface area contributed by atoms with Gasteiger partial charge in [-0.05, 0) is 23.6 Å². The van der Waals surface area contributed by atoms with Gasteiger partial charge in [-0.2, -0.15) is 0 Å². The quantitative estimate of drug-likeness (QED) is 0.753. The summed E-state index contributed by atoms with van der Waals surface area (Å²) >= 11 is 0. The first-order chi connectivity index (χ1) is 8.20. The maximum Gasteiger partial charge on any atom is 0.0900 e. The molecule has 1 unspecified atom stereocenters. The maximum absolute atomic E-state index is 9.72. The van der Waals surface area contributed by atoms with Gasteiger partial charge in [0.25, 0.3) is 0 Å². The van der Waals surface area contributed by atoms with Crippen LogP contribution in [0.25, 0.3) is 0 Å². The monoisotopic (exact) mass is 236 g/mol. The van der Waals surface area contributed by atoms with Crippen molar-refractivity contribution in [2.75, 3.05) is 32.5 Å². The second-order valence-electron chi connectivity index (χ2n) is 4.58. The molecule has 2 rings (SSSR count). The molecule has 94 valence electrons. The molecule has 4 nitrogen and oxygen atoms in total. The second kappa shape index (κ2) is 5.49. The van der Waals surface area contributed by atoms with Crippen molar-refractivity contribution in [1.82, 2.24) is 4.90 Å². The van der Waals surface area contributed by atoms with Gasteiger partial charge >= 0.3 is 0 Å². The Kier molecular flexibility index (Phi) is 3.99. The van der Waals surface area contributed by atoms with Gasteiger partial charge in [0.05, 0.1) is 12.7 Å². The molecule has 1 aliphatic rings. The van der Waals surface area contributed by atoms with Crippen molar-refractivity contribution >= 4 is 5.69 Å². The average molecular weight is 236 g/mol. The number of nitrogens with two attached hydrogens (primary N) is 1. The zero-order valence-corrected chi connectivity index (χ0v) is 10.2. The van der Waals surface area contributed by atoms with E-state index < -0.39 is 6.10 Å². The van der Waals surface area contributed by atoms with Crippen LogP contribution in [0.15, 0.2) is 18.2 Å². The molecule has 1 aliphatic heterocycles. The first-order valence-electron chi connectivity index (χ1n) is 5.96. The molecule has 1 atom stereocenters. The molecule has 0 bridgehead atoms. The van der Waals surface area contributed by atoms with Gasteiger partial charge in [0, 0.05) is 32.4 Å². The Balaban J connectivity index is 2.00. The molecule has 0 radical (unpaired) electrons. The number of ether oxygens (including phenoxy) is 1. The third kappa shape index (κ3) is 2.97. The number of benzene rings is 1. The minimum absolute atomic E-state index is 0.383. The van der Waals surface area contributed by atoms with E-state index >= 15 is 0 Å². The molecule has 1 aromatic rings. The minimum Gasteiger partial charge on any atom is -0.398 e. The number of nitrogens with zero attached hydrogens (tertiary/aromatic N) is 1. The van der Waals surface area contributed by atoms with E-state index in [4.69, 9.17) is 10.5 Å². The number of nitrogen functional groups attached to an aromatic ring is 1. The molecule has 0 amide bonds. The smallest absolute Gasteiger partial charge is 0.0900 e. The Morgan fingerprint density at radius 3 is 3.12 bits per heavy atom. The van der Waals surface area contributed by atoms with Gasteiger partial charge in [-0.1, -0.05) is 12.1 Å². The number of fused-ring (bicyclic) bond motifs is 1. The Morgan fingerprint density at radius 2 is 2.35 bits per heavy atom. The molecule has 17 heavy (non-hydrogen) atoms. The second-order valence-corrected chi connectivity index (χ2v) is 4.58. The zero-order valence-electron chi connectivity index (χ0n) is 10.2. The fraction of sp³-hybridized carbons (Fsp3) is 0.538. The molecule has 4 heteroatoms. The van der Waals surface area contributed by atoms with E-state index in [1.165, 1.54) is 11.1 Å². The lowest BCUT2D eigenvalue weighted by atomic mass is 9.98. The molecular weight excluding hydrogens is 216 g/mol. The summed E-state index contributed by atoms with van der Waals surface area (Å²) in [4.78, 5) is 2.22. The van der Waals surface area contributed by atoms with Crippen LogP contribution in [0.4, 0.5) is 5.69 Å². The van der Waals surface area contributed by atoms with Crippen LogP contribution in [0.3, 0.4) is 0 Å². The van der Waals surface area contributed by atoms with E-state index in [9.17, 15) is 5.11 Å². The first kappa shape index (κ1) is 12.4. The van der Waals surface area contributed by atoms with E-state index in [1.54, 1.807) is 7.11 Å². The lowest BCUT2D eigenvalue weighted by molar-refractivity contribution is 0.0347. The van der Waals surface area contributed by atoms with Crippen LogP contribution < -0.4 is 5.73 Å². The van der Waals surface area contributed by atoms with Crippen LogP contribution in [0.1, 0.15) is 11.1 Å². The van der Waals surface area contributed by atoms with E-state index in [0.29, 0.717) is 13.2 Å². The average Bonchev–Trinajstić information content (AvgIpc) is 2.30. The highest BCUT2D eigenvalue weighted by Crippen LogP contribution is 2.24. The van der Waals surface area contributed by atoms with Crippen LogP contribution >= 0.6 is 0 Å². The van der Waals surface area contributed by atoms with Crippen LogP contribution in [-0.2, 0) is 17.7 Å². The highest BCUT2D eigenvalue weighted by Gasteiger charge is 2.19. The van der Waals surface area contributed by atoms with Gasteiger partial charge in [-0.3, -0.25) is 4.90 Å². The van der Waals surface area contributed by atoms with Gasteiger partial charge in [0.2, 0.25) is 0 Å². The maximum atomic E-state index is 9.72. The lowest BCUT2D eigenvalue weighted by Crippen LogP contribution is -2.38. The molecule has 1 heterocycles. The number of aliphatic hydroxyl groups excluding tert-OH is 1. The van der Waals surface area contributed by atoms with Gasteiger partial charge in [-0.15, -0.1) is 0 Å². The molecule has 0 aliphatic carbocycles. The standard InChI is InChI=1S/C13H20N2O2/c1-17-9-11(16)7-15-6-5-10-3-2-4-13(14)12(10)8-15/h2-4,11,16H,5-9,14H2,1H3. The van der Waals surface area contributed by atoms with Crippen molar-refractivity contribution in [2.45, 2.75) is 19.1 Å². The Labute approximate surface area is 102 Å². The normalized spacial score (nSPS) is 17.8. The Bertz CT molecular complexity index is 382. The molecule has 0 fully saturated rings. The summed E-state index contributed by atoms with van der Waals surface area (Å²) in [6.45, 7) is 2.81. The molecule has 0 saturated carbocycles. The van der Waals surface area contributed by atoms with Crippen LogP contribution in [0.5, 0.6) is 0 Å². The molecule has 0 saturated heterocycles. The number of β-amino-alcohol motifs (C(OH)–C–C–N with tert-alkyl or cyclic N) is 1. The van der Waals surface area contributed by atoms with E-state index in [1.807, 2.05) is 12.1 Å². The number of aliphatic hydroxyl groups is 1. The Morgan fingerprint density at radius 1 is 1.53 bits per heavy atom. The summed E-state index contributed by atoms with van der Waals surface area (Å²) in [5, 5.41) is 9.72. The predicted octanol–water partition coefficient (Wildman–Crippen LogP) is 0.634. The highest BCUT2D eigenvalue weighted by molar-refractivity contribution is 5.51. The predicted molar refractivity (Wildman–Crippen MR) is 67.7 cm³/mol. The number of hydrogen-bond donors (Lipinski definition) is 2. The molecular formula is C13H20N2O2. The van der Waals surface area contributed by atoms with Crippen molar-refractivity contribution in [3.05, 3.63) is 29.3 Å². The van der Waals surface area contributed by atoms with Gasteiger partial charge in [0.1, 0.15) is 0 Å². The molecule has 0 aromatic heterocycles. The van der Waals surface area contributed by atoms with Crippen LogP contribution in [-0.4, -0.2) is 42.9 Å². The number of hydrogen-bond acceptors (Lipinski definition) is 4. The SMILES string of the molecule is COCC(O)CN1CCc2cccc(N)c2C1. The molecule has 3 N–H and O–H groups in total. The first-order valence-corrected chi connectivity index (χ1v) is 5.96. The summed E-state index contributed by atoms with van der Waals surface area (Å²) in [6.07, 6.45) is 0.576. The summed E-state index contributed by atoms with van der Waals surface area (Å²) in [7, 11) is 1.60. The molecule has 1 aromatic carbocycles. The van der Waals surface area contributed by atoms with E-state index in [2.05, 4.69) is 11.0 Å². The number of rotatable bonds is 4. The van der Waals surface area contributed by atoms with Crippen molar-refractivity contribution < 1.29 is 9.84 Å². The van der Waals surface area contributed by atoms with Gasteiger partial charge < -0.3 is 15.6 Å². The van der Waals surface area contributed by atoms with Gasteiger partial charge in [-0.25, -0.2) is 0 Å². The topological polar surface area (TPSA) is 58.7 Å². The van der Waals surface area contributed by atoms with Crippen molar-refractivity contribution in [3.8, 4) is 0 Å². The number of anilines is 1. The fourth-order valence-corrected chi connectivity index (χ4v) is 2.36. The summed E-state index contributed by atoms with van der Waals surface area (Å²) in [5.74, 6) is 0. The third-order valence-corrected chi connectivity index (χ3v) is 3.22. The Hall–Kier alpha value is -1.10. The van der Waals surface area contributed by atoms with Gasteiger partial charge in [0.15, 0.2) is 0 Å². The van der Waals surface area contributed by atoms with Crippen molar-refractivity contribution in [1.29, 1.82) is 0 Å². The summed E-state index contributed by atoms with van der Waals surface area (Å²) < 4.78 is 4.94. The lowest BCUT2D eigenvalue weighted by Gasteiger charge is -2.30. The minimum atomic E-state index is -0.425. The highest BCUT2D eigenvalue weighted by atomic mass is 16.5. The molecule has 0 spiro atoms. The third-order valence-electron chi connectivity index (χ3n) is 3.22. The number of methoxy groups -OCH3 is 1. The van der Waals surface area contributed by atoms with Crippen LogP contribution in [0, 0.1) is 0 Å². The van der Waals surface area contributed by atoms with Crippen molar-refractivity contribution in [2.24, 2.45) is 0 Å². The zero-order chi connectivity index (χ0) is 12.3. The fourth-order valence-electron chi connectivity index (χ4n) is 2.36. The van der Waals surface area contributed by atoms with Crippen LogP contribution in [0.2, 0.25) is 0 Å². The summed E-state index contributed by atoms with van der Waals surface area (Å²) in [6, 6.07) is 6.08. The largest absolute Gasteiger partial charge is 0.398 e. The summed E-state index contributed by atoms with van der Waals surface area (Å²) in [5.41, 5.74) is 9.38. The van der Waals surface area contributed by atoms with E-state index in [-0.39, 0.29) is 0 Å². The van der Waals surface area contributed by atoms with E-state index in [0.717, 1.165) is 25.2 Å². The van der Waals surface area contributed by atoms with Crippen molar-refractivity contribution in [3.63, 3.8) is 0 Å².